The van der Waals surface area contributed by atoms with Crippen molar-refractivity contribution in [1.29, 1.82) is 0 Å². The molecule has 1 atom stereocenters. The van der Waals surface area contributed by atoms with Gasteiger partial charge in [-0.05, 0) is 23.8 Å². The molecule has 20 heavy (non-hydrogen) atoms. The lowest BCUT2D eigenvalue weighted by Gasteiger charge is -2.13. The molecule has 1 nitrogen and oxygen atoms in total. The van der Waals surface area contributed by atoms with Gasteiger partial charge in [-0.2, -0.15) is 0 Å². The van der Waals surface area contributed by atoms with Crippen molar-refractivity contribution in [3.05, 3.63) is 70.0 Å². The molecule has 0 heterocycles. The summed E-state index contributed by atoms with van der Waals surface area (Å²) in [5.41, 5.74) is 0.212. The number of aliphatic hydroxyl groups is 1. The van der Waals surface area contributed by atoms with Crippen LogP contribution in [0.4, 0.5) is 13.2 Å². The van der Waals surface area contributed by atoms with Gasteiger partial charge in [-0.3, -0.25) is 0 Å². The van der Waals surface area contributed by atoms with Crippen molar-refractivity contribution in [2.75, 3.05) is 0 Å². The molecular weight excluding hydrogens is 289 g/mol. The van der Waals surface area contributed by atoms with Gasteiger partial charge in [0.25, 0.3) is 0 Å². The fourth-order valence-corrected chi connectivity index (χ4v) is 2.20. The monoisotopic (exact) mass is 300 g/mol. The van der Waals surface area contributed by atoms with Crippen LogP contribution in [0, 0.1) is 17.5 Å². The van der Waals surface area contributed by atoms with E-state index in [0.717, 1.165) is 12.1 Å². The Bertz CT molecular complexity index is 596. The topological polar surface area (TPSA) is 20.2 Å². The lowest BCUT2D eigenvalue weighted by Crippen LogP contribution is -2.16. The van der Waals surface area contributed by atoms with E-state index in [1.807, 2.05) is 0 Å². The van der Waals surface area contributed by atoms with Crippen molar-refractivity contribution in [1.82, 2.24) is 0 Å². The Morgan fingerprint density at radius 2 is 1.45 bits per heavy atom. The smallest absolute Gasteiger partial charge is 0.142 e. The maximum absolute atomic E-state index is 13.5. The van der Waals surface area contributed by atoms with Crippen LogP contribution in [0.3, 0.4) is 0 Å². The van der Waals surface area contributed by atoms with E-state index >= 15 is 0 Å². The van der Waals surface area contributed by atoms with Crippen LogP contribution in [0.5, 0.6) is 0 Å². The molecule has 0 aliphatic heterocycles. The van der Waals surface area contributed by atoms with Crippen LogP contribution in [-0.2, 0) is 12.8 Å². The second-order valence-electron chi connectivity index (χ2n) is 4.48. The van der Waals surface area contributed by atoms with E-state index in [1.54, 1.807) is 6.07 Å². The highest BCUT2D eigenvalue weighted by Gasteiger charge is 2.16. The van der Waals surface area contributed by atoms with E-state index < -0.39 is 23.6 Å². The van der Waals surface area contributed by atoms with E-state index in [2.05, 4.69) is 0 Å². The molecule has 0 aliphatic rings. The van der Waals surface area contributed by atoms with Crippen LogP contribution in [0.25, 0.3) is 0 Å². The highest BCUT2D eigenvalue weighted by Crippen LogP contribution is 2.22. The molecule has 0 radical (unpaired) electrons. The van der Waals surface area contributed by atoms with Crippen molar-refractivity contribution in [2.45, 2.75) is 18.9 Å². The SMILES string of the molecule is OC(Cc1cccc(F)c1Cl)Cc1c(F)cccc1F. The maximum Gasteiger partial charge on any atom is 0.142 e. The molecular formula is C15H12ClF3O. The Hall–Kier alpha value is -1.52. The molecule has 2 rings (SSSR count). The van der Waals surface area contributed by atoms with Crippen LogP contribution in [-0.4, -0.2) is 11.2 Å². The third-order valence-corrected chi connectivity index (χ3v) is 3.41. The number of hydrogen-bond donors (Lipinski definition) is 1. The number of benzene rings is 2. The highest BCUT2D eigenvalue weighted by molar-refractivity contribution is 6.31. The van der Waals surface area contributed by atoms with E-state index in [0.29, 0.717) is 5.56 Å². The Morgan fingerprint density at radius 3 is 2.10 bits per heavy atom. The first-order chi connectivity index (χ1) is 9.49. The largest absolute Gasteiger partial charge is 0.392 e. The lowest BCUT2D eigenvalue weighted by molar-refractivity contribution is 0.172. The molecule has 2 aromatic carbocycles. The summed E-state index contributed by atoms with van der Waals surface area (Å²) in [4.78, 5) is 0. The van der Waals surface area contributed by atoms with Crippen LogP contribution in [0.1, 0.15) is 11.1 Å². The van der Waals surface area contributed by atoms with Gasteiger partial charge in [0.1, 0.15) is 17.5 Å². The summed E-state index contributed by atoms with van der Waals surface area (Å²) < 4.78 is 40.2. The Kier molecular flexibility index (Phi) is 4.68. The first-order valence-electron chi connectivity index (χ1n) is 6.03. The molecule has 0 aliphatic carbocycles. The predicted molar refractivity (Wildman–Crippen MR) is 71.2 cm³/mol. The number of aliphatic hydroxyl groups excluding tert-OH is 1. The van der Waals surface area contributed by atoms with Gasteiger partial charge in [0.2, 0.25) is 0 Å². The minimum absolute atomic E-state index is 0.0182. The van der Waals surface area contributed by atoms with E-state index in [9.17, 15) is 18.3 Å². The lowest BCUT2D eigenvalue weighted by atomic mass is 10.0. The number of halogens is 4. The molecule has 0 aromatic heterocycles. The van der Waals surface area contributed by atoms with Crippen LogP contribution < -0.4 is 0 Å². The van der Waals surface area contributed by atoms with E-state index in [4.69, 9.17) is 11.6 Å². The molecule has 0 fully saturated rings. The van der Waals surface area contributed by atoms with Gasteiger partial charge in [-0.25, -0.2) is 13.2 Å². The summed E-state index contributed by atoms with van der Waals surface area (Å²) in [5, 5.41) is 9.82. The van der Waals surface area contributed by atoms with Gasteiger partial charge in [-0.15, -0.1) is 0 Å². The molecule has 0 saturated heterocycles. The Balaban J connectivity index is 2.13. The van der Waals surface area contributed by atoms with Gasteiger partial charge in [0.05, 0.1) is 11.1 Å². The van der Waals surface area contributed by atoms with Gasteiger partial charge in [-0.1, -0.05) is 29.8 Å². The molecule has 1 N–H and O–H groups in total. The van der Waals surface area contributed by atoms with Crippen molar-refractivity contribution in [2.24, 2.45) is 0 Å². The van der Waals surface area contributed by atoms with Crippen molar-refractivity contribution in [3.63, 3.8) is 0 Å². The van der Waals surface area contributed by atoms with Gasteiger partial charge >= 0.3 is 0 Å². The average molecular weight is 301 g/mol. The molecule has 0 amide bonds. The molecule has 1 unspecified atom stereocenters. The summed E-state index contributed by atoms with van der Waals surface area (Å²) in [6, 6.07) is 7.73. The van der Waals surface area contributed by atoms with Crippen LogP contribution >= 0.6 is 11.6 Å². The number of rotatable bonds is 4. The Morgan fingerprint density at radius 1 is 0.900 bits per heavy atom. The number of hydrogen-bond acceptors (Lipinski definition) is 1. The van der Waals surface area contributed by atoms with Crippen molar-refractivity contribution >= 4 is 11.6 Å². The molecule has 5 heteroatoms. The second kappa shape index (κ2) is 6.29. The summed E-state index contributed by atoms with van der Waals surface area (Å²) in [7, 11) is 0. The summed E-state index contributed by atoms with van der Waals surface area (Å²) in [5.74, 6) is -2.02. The molecule has 0 bridgehead atoms. The third-order valence-electron chi connectivity index (χ3n) is 2.99. The van der Waals surface area contributed by atoms with Gasteiger partial charge in [0, 0.05) is 18.4 Å². The zero-order valence-corrected chi connectivity index (χ0v) is 11.2. The Labute approximate surface area is 119 Å². The minimum atomic E-state index is -1.05. The standard InChI is InChI=1S/C15H12ClF3O/c16-15-9(3-1-6-14(15)19)7-10(20)8-11-12(17)4-2-5-13(11)18/h1-6,10,20H,7-8H2. The summed E-state index contributed by atoms with van der Waals surface area (Å²) in [6.45, 7) is 0. The predicted octanol–water partition coefficient (Wildman–Crippen LogP) is 3.90. The second-order valence-corrected chi connectivity index (χ2v) is 4.85. The molecule has 0 saturated carbocycles. The summed E-state index contributed by atoms with van der Waals surface area (Å²) >= 11 is 5.77. The fourth-order valence-electron chi connectivity index (χ4n) is 2.00. The van der Waals surface area contributed by atoms with Crippen molar-refractivity contribution < 1.29 is 18.3 Å². The first-order valence-corrected chi connectivity index (χ1v) is 6.40. The van der Waals surface area contributed by atoms with Crippen molar-refractivity contribution in [3.8, 4) is 0 Å². The van der Waals surface area contributed by atoms with Gasteiger partial charge in [0.15, 0.2) is 0 Å². The molecule has 2 aromatic rings. The zero-order chi connectivity index (χ0) is 14.7. The summed E-state index contributed by atoms with van der Waals surface area (Å²) in [6.07, 6.45) is -1.24. The molecule has 106 valence electrons. The third kappa shape index (κ3) is 3.32. The maximum atomic E-state index is 13.5. The quantitative estimate of drug-likeness (QED) is 0.908. The zero-order valence-electron chi connectivity index (χ0n) is 10.4. The van der Waals surface area contributed by atoms with E-state index in [-0.39, 0.29) is 23.4 Å². The average Bonchev–Trinajstić information content (AvgIpc) is 2.39. The highest BCUT2D eigenvalue weighted by atomic mass is 35.5. The first kappa shape index (κ1) is 14.9. The van der Waals surface area contributed by atoms with Crippen LogP contribution in [0.15, 0.2) is 36.4 Å². The molecule has 0 spiro atoms. The fraction of sp³-hybridized carbons (Fsp3) is 0.200. The van der Waals surface area contributed by atoms with E-state index in [1.165, 1.54) is 18.2 Å². The normalized spacial score (nSPS) is 12.4. The van der Waals surface area contributed by atoms with Gasteiger partial charge < -0.3 is 5.11 Å². The van der Waals surface area contributed by atoms with Crippen LogP contribution in [0.2, 0.25) is 5.02 Å². The minimum Gasteiger partial charge on any atom is -0.392 e.